The molecule has 0 atom stereocenters. The summed E-state index contributed by atoms with van der Waals surface area (Å²) in [4.78, 5) is 34.1. The minimum absolute atomic E-state index is 0.0891. The summed E-state index contributed by atoms with van der Waals surface area (Å²) in [6.07, 6.45) is 0.578. The molecule has 0 fully saturated rings. The predicted molar refractivity (Wildman–Crippen MR) is 87.4 cm³/mol. The van der Waals surface area contributed by atoms with Crippen LogP contribution in [0.3, 0.4) is 0 Å². The molecule has 0 aliphatic rings. The second kappa shape index (κ2) is 6.29. The Kier molecular flexibility index (Phi) is 4.03. The summed E-state index contributed by atoms with van der Waals surface area (Å²) in [6.45, 7) is 0. The number of fused-ring (bicyclic) bond motifs is 1. The van der Waals surface area contributed by atoms with E-state index in [4.69, 9.17) is 4.74 Å². The number of hydrogen-bond acceptors (Lipinski definition) is 5. The van der Waals surface area contributed by atoms with Crippen LogP contribution in [0.5, 0.6) is 5.75 Å². The Morgan fingerprint density at radius 1 is 1.00 bits per heavy atom. The van der Waals surface area contributed by atoms with Crippen molar-refractivity contribution in [3.8, 4) is 5.75 Å². The fourth-order valence-electron chi connectivity index (χ4n) is 2.42. The molecule has 0 amide bonds. The van der Waals surface area contributed by atoms with Crippen molar-refractivity contribution < 1.29 is 19.2 Å². The number of ether oxygens (including phenoxy) is 1. The highest BCUT2D eigenvalue weighted by molar-refractivity contribution is 6.01. The van der Waals surface area contributed by atoms with Crippen LogP contribution in [0.1, 0.15) is 20.7 Å². The van der Waals surface area contributed by atoms with E-state index < -0.39 is 10.9 Å². The molecule has 6 nitrogen and oxygen atoms in total. The zero-order chi connectivity index (χ0) is 17.1. The molecule has 3 rings (SSSR count). The molecule has 0 aliphatic heterocycles. The minimum Gasteiger partial charge on any atom is -0.421 e. The van der Waals surface area contributed by atoms with Gasteiger partial charge < -0.3 is 4.74 Å². The van der Waals surface area contributed by atoms with Crippen LogP contribution < -0.4 is 4.74 Å². The van der Waals surface area contributed by atoms with E-state index in [1.807, 2.05) is 12.1 Å². The molecule has 0 bridgehead atoms. The highest BCUT2D eigenvalue weighted by atomic mass is 16.6. The van der Waals surface area contributed by atoms with Crippen molar-refractivity contribution in [3.63, 3.8) is 0 Å². The van der Waals surface area contributed by atoms with E-state index in [9.17, 15) is 19.7 Å². The van der Waals surface area contributed by atoms with Crippen LogP contribution in [-0.2, 0) is 0 Å². The van der Waals surface area contributed by atoms with Crippen molar-refractivity contribution >= 4 is 28.7 Å². The molecule has 3 aromatic rings. The summed E-state index contributed by atoms with van der Waals surface area (Å²) in [5, 5.41) is 12.4. The van der Waals surface area contributed by atoms with Gasteiger partial charge in [0.25, 0.3) is 5.69 Å². The summed E-state index contributed by atoms with van der Waals surface area (Å²) in [7, 11) is 0. The number of para-hydroxylation sites is 1. The largest absolute Gasteiger partial charge is 0.421 e. The normalized spacial score (nSPS) is 10.3. The van der Waals surface area contributed by atoms with Crippen molar-refractivity contribution in [1.82, 2.24) is 0 Å². The van der Waals surface area contributed by atoms with Crippen molar-refractivity contribution in [1.29, 1.82) is 0 Å². The lowest BCUT2D eigenvalue weighted by Crippen LogP contribution is -2.12. The number of carbonyl (C=O) groups is 2. The number of nitrogens with zero attached hydrogens (tertiary/aromatic N) is 1. The van der Waals surface area contributed by atoms with Gasteiger partial charge in [0, 0.05) is 11.5 Å². The molecule has 3 aromatic carbocycles. The summed E-state index contributed by atoms with van der Waals surface area (Å²) in [5.41, 5.74) is -0.330. The van der Waals surface area contributed by atoms with Crippen LogP contribution in [0.4, 0.5) is 5.69 Å². The lowest BCUT2D eigenvalue weighted by Gasteiger charge is -2.10. The van der Waals surface area contributed by atoms with E-state index >= 15 is 0 Å². The van der Waals surface area contributed by atoms with Gasteiger partial charge in [-0.05, 0) is 17.5 Å². The number of nitro benzene ring substituents is 1. The second-order valence-corrected chi connectivity index (χ2v) is 4.99. The molecule has 0 heterocycles. The van der Waals surface area contributed by atoms with Gasteiger partial charge in [-0.1, -0.05) is 42.5 Å². The van der Waals surface area contributed by atoms with Gasteiger partial charge in [-0.25, -0.2) is 4.79 Å². The first-order chi connectivity index (χ1) is 11.6. The fraction of sp³-hybridized carbons (Fsp3) is 0. The van der Waals surface area contributed by atoms with Crippen LogP contribution in [-0.4, -0.2) is 17.2 Å². The molecule has 0 aliphatic carbocycles. The summed E-state index contributed by atoms with van der Waals surface area (Å²) in [6, 6.07) is 15.9. The molecular weight excluding hydrogens is 310 g/mol. The summed E-state index contributed by atoms with van der Waals surface area (Å²) >= 11 is 0. The van der Waals surface area contributed by atoms with Crippen molar-refractivity contribution in [2.45, 2.75) is 0 Å². The zero-order valence-corrected chi connectivity index (χ0v) is 12.3. The summed E-state index contributed by atoms with van der Waals surface area (Å²) < 4.78 is 5.35. The standard InChI is InChI=1S/C18H11NO5/c20-11-13-10-9-12-5-1-2-6-14(12)17(13)24-18(21)15-7-3-4-8-16(15)19(22)23/h1-11H. The molecule has 118 valence electrons. The molecule has 6 heteroatoms. The predicted octanol–water partition coefficient (Wildman–Crippen LogP) is 3.78. The number of hydrogen-bond donors (Lipinski definition) is 0. The number of nitro groups is 1. The van der Waals surface area contributed by atoms with Crippen LogP contribution in [0.2, 0.25) is 0 Å². The Hall–Kier alpha value is -3.54. The van der Waals surface area contributed by atoms with Gasteiger partial charge in [0.15, 0.2) is 6.29 Å². The molecule has 0 saturated heterocycles. The topological polar surface area (TPSA) is 86.5 Å². The van der Waals surface area contributed by atoms with Crippen molar-refractivity contribution in [3.05, 3.63) is 81.9 Å². The summed E-state index contributed by atoms with van der Waals surface area (Å²) in [5.74, 6) is -0.798. The molecule has 24 heavy (non-hydrogen) atoms. The molecule has 0 radical (unpaired) electrons. The van der Waals surface area contributed by atoms with Crippen LogP contribution >= 0.6 is 0 Å². The molecule has 0 aromatic heterocycles. The third kappa shape index (κ3) is 2.72. The van der Waals surface area contributed by atoms with E-state index in [0.717, 1.165) is 5.39 Å². The Morgan fingerprint density at radius 2 is 1.71 bits per heavy atom. The smallest absolute Gasteiger partial charge is 0.350 e. The van der Waals surface area contributed by atoms with Gasteiger partial charge >= 0.3 is 5.97 Å². The number of benzene rings is 3. The first kappa shape index (κ1) is 15.4. The maximum Gasteiger partial charge on any atom is 0.350 e. The maximum absolute atomic E-state index is 12.4. The van der Waals surface area contributed by atoms with Crippen LogP contribution in [0, 0.1) is 10.1 Å². The van der Waals surface area contributed by atoms with E-state index in [2.05, 4.69) is 0 Å². The molecule has 0 saturated carbocycles. The van der Waals surface area contributed by atoms with E-state index in [-0.39, 0.29) is 22.6 Å². The quantitative estimate of drug-likeness (QED) is 0.240. The van der Waals surface area contributed by atoms with Gasteiger partial charge in [0.2, 0.25) is 0 Å². The second-order valence-electron chi connectivity index (χ2n) is 4.99. The Labute approximate surface area is 136 Å². The minimum atomic E-state index is -0.887. The van der Waals surface area contributed by atoms with Gasteiger partial charge in [0.1, 0.15) is 11.3 Å². The third-order valence-electron chi connectivity index (χ3n) is 3.55. The average Bonchev–Trinajstić information content (AvgIpc) is 2.62. The lowest BCUT2D eigenvalue weighted by molar-refractivity contribution is -0.385. The Bertz CT molecular complexity index is 965. The highest BCUT2D eigenvalue weighted by Gasteiger charge is 2.22. The zero-order valence-electron chi connectivity index (χ0n) is 12.3. The molecule has 0 N–H and O–H groups in total. The molecule has 0 unspecified atom stereocenters. The highest BCUT2D eigenvalue weighted by Crippen LogP contribution is 2.30. The van der Waals surface area contributed by atoms with Crippen LogP contribution in [0.15, 0.2) is 60.7 Å². The van der Waals surface area contributed by atoms with Gasteiger partial charge in [0.05, 0.1) is 10.5 Å². The monoisotopic (exact) mass is 321 g/mol. The Balaban J connectivity index is 2.09. The molecular formula is C18H11NO5. The van der Waals surface area contributed by atoms with E-state index in [1.165, 1.54) is 30.3 Å². The number of carbonyl (C=O) groups excluding carboxylic acids is 2. The number of aldehydes is 1. The van der Waals surface area contributed by atoms with Gasteiger partial charge in [-0.15, -0.1) is 0 Å². The van der Waals surface area contributed by atoms with Crippen molar-refractivity contribution in [2.75, 3.05) is 0 Å². The number of rotatable bonds is 4. The molecule has 0 spiro atoms. The third-order valence-corrected chi connectivity index (χ3v) is 3.55. The van der Waals surface area contributed by atoms with E-state index in [1.54, 1.807) is 18.2 Å². The fourth-order valence-corrected chi connectivity index (χ4v) is 2.42. The first-order valence-electron chi connectivity index (χ1n) is 7.04. The maximum atomic E-state index is 12.4. The Morgan fingerprint density at radius 3 is 2.46 bits per heavy atom. The van der Waals surface area contributed by atoms with E-state index in [0.29, 0.717) is 11.7 Å². The lowest BCUT2D eigenvalue weighted by atomic mass is 10.1. The van der Waals surface area contributed by atoms with Crippen LogP contribution in [0.25, 0.3) is 10.8 Å². The van der Waals surface area contributed by atoms with Crippen molar-refractivity contribution in [2.24, 2.45) is 0 Å². The van der Waals surface area contributed by atoms with Gasteiger partial charge in [-0.3, -0.25) is 14.9 Å². The number of esters is 1. The SMILES string of the molecule is O=Cc1ccc2ccccc2c1OC(=O)c1ccccc1[N+](=O)[O-]. The van der Waals surface area contributed by atoms with Gasteiger partial charge in [-0.2, -0.15) is 0 Å². The average molecular weight is 321 g/mol. The first-order valence-corrected chi connectivity index (χ1v) is 7.04.